The molecular formula is C24H34N3O2S+. The summed E-state index contributed by atoms with van der Waals surface area (Å²) in [6.07, 6.45) is 3.92. The SMILES string of the molecule is CC[NH+](CC)CCCNC(=O)c1c(NC(=O)c2ccccc2)sc2c1CC[C@H](C)C2. The first-order valence-corrected chi connectivity index (χ1v) is 12.0. The Morgan fingerprint density at radius 3 is 2.57 bits per heavy atom. The van der Waals surface area contributed by atoms with Crippen molar-refractivity contribution in [3.63, 3.8) is 0 Å². The van der Waals surface area contributed by atoms with E-state index >= 15 is 0 Å². The average Bonchev–Trinajstić information content (AvgIpc) is 3.11. The number of thiophene rings is 1. The molecule has 1 atom stereocenters. The van der Waals surface area contributed by atoms with E-state index in [4.69, 9.17) is 0 Å². The molecule has 1 aromatic carbocycles. The molecule has 3 N–H and O–H groups in total. The van der Waals surface area contributed by atoms with Crippen molar-refractivity contribution in [3.8, 4) is 0 Å². The minimum Gasteiger partial charge on any atom is -0.352 e. The molecule has 162 valence electrons. The largest absolute Gasteiger partial charge is 0.352 e. The van der Waals surface area contributed by atoms with E-state index in [1.165, 1.54) is 4.88 Å². The molecule has 1 aliphatic carbocycles. The van der Waals surface area contributed by atoms with Crippen LogP contribution in [0, 0.1) is 5.92 Å². The van der Waals surface area contributed by atoms with Gasteiger partial charge in [-0.1, -0.05) is 25.1 Å². The zero-order valence-electron chi connectivity index (χ0n) is 18.3. The standard InChI is InChI=1S/C24H33N3O2S/c1-4-27(5-2)15-9-14-25-23(29)21-19-13-12-17(3)16-20(19)30-24(21)26-22(28)18-10-7-6-8-11-18/h6-8,10-11,17H,4-5,9,12-16H2,1-3H3,(H,25,29)(H,26,28)/p+1/t17-/m0/s1. The number of fused-ring (bicyclic) bond motifs is 1. The van der Waals surface area contributed by atoms with E-state index in [0.717, 1.165) is 50.9 Å². The molecule has 1 aromatic heterocycles. The molecule has 30 heavy (non-hydrogen) atoms. The molecule has 1 heterocycles. The molecule has 0 bridgehead atoms. The van der Waals surface area contributed by atoms with Crippen LogP contribution in [0.2, 0.25) is 0 Å². The van der Waals surface area contributed by atoms with Crippen LogP contribution in [0.4, 0.5) is 5.00 Å². The highest BCUT2D eigenvalue weighted by Crippen LogP contribution is 2.39. The maximum Gasteiger partial charge on any atom is 0.256 e. The summed E-state index contributed by atoms with van der Waals surface area (Å²) < 4.78 is 0. The van der Waals surface area contributed by atoms with Gasteiger partial charge < -0.3 is 15.5 Å². The fourth-order valence-electron chi connectivity index (χ4n) is 4.08. The minimum atomic E-state index is -0.165. The molecular weight excluding hydrogens is 394 g/mol. The molecule has 3 rings (SSSR count). The van der Waals surface area contributed by atoms with Crippen molar-refractivity contribution in [2.45, 2.75) is 46.5 Å². The number of rotatable bonds is 9. The Balaban J connectivity index is 1.74. The lowest BCUT2D eigenvalue weighted by Gasteiger charge is -2.19. The van der Waals surface area contributed by atoms with Crippen LogP contribution in [0.3, 0.4) is 0 Å². The molecule has 0 fully saturated rings. The third-order valence-electron chi connectivity index (χ3n) is 5.99. The van der Waals surface area contributed by atoms with Crippen LogP contribution in [0.1, 0.15) is 64.8 Å². The summed E-state index contributed by atoms with van der Waals surface area (Å²) in [5, 5.41) is 6.82. The molecule has 0 radical (unpaired) electrons. The maximum absolute atomic E-state index is 13.1. The third kappa shape index (κ3) is 5.49. The molecule has 2 aromatic rings. The summed E-state index contributed by atoms with van der Waals surface area (Å²) >= 11 is 1.57. The molecule has 2 amide bonds. The Kier molecular flexibility index (Phi) is 8.05. The second kappa shape index (κ2) is 10.7. The lowest BCUT2D eigenvalue weighted by molar-refractivity contribution is -0.896. The van der Waals surface area contributed by atoms with Crippen LogP contribution in [0.5, 0.6) is 0 Å². The van der Waals surface area contributed by atoms with Crippen LogP contribution in [0.25, 0.3) is 0 Å². The van der Waals surface area contributed by atoms with Gasteiger partial charge in [0.15, 0.2) is 0 Å². The average molecular weight is 429 g/mol. The van der Waals surface area contributed by atoms with Gasteiger partial charge in [0.1, 0.15) is 5.00 Å². The number of amides is 2. The number of benzene rings is 1. The second-order valence-electron chi connectivity index (χ2n) is 8.19. The number of quaternary nitrogens is 1. The highest BCUT2D eigenvalue weighted by Gasteiger charge is 2.28. The maximum atomic E-state index is 13.1. The van der Waals surface area contributed by atoms with E-state index < -0.39 is 0 Å². The van der Waals surface area contributed by atoms with Gasteiger partial charge in [-0.3, -0.25) is 9.59 Å². The van der Waals surface area contributed by atoms with Gasteiger partial charge in [0.2, 0.25) is 0 Å². The summed E-state index contributed by atoms with van der Waals surface area (Å²) in [7, 11) is 0. The van der Waals surface area contributed by atoms with E-state index in [-0.39, 0.29) is 11.8 Å². The van der Waals surface area contributed by atoms with E-state index in [0.29, 0.717) is 28.6 Å². The Morgan fingerprint density at radius 1 is 1.13 bits per heavy atom. The first kappa shape index (κ1) is 22.5. The predicted octanol–water partition coefficient (Wildman–Crippen LogP) is 3.17. The minimum absolute atomic E-state index is 0.0556. The topological polar surface area (TPSA) is 62.6 Å². The van der Waals surface area contributed by atoms with Crippen molar-refractivity contribution in [1.29, 1.82) is 0 Å². The van der Waals surface area contributed by atoms with Gasteiger partial charge in [-0.2, -0.15) is 0 Å². The van der Waals surface area contributed by atoms with E-state index in [2.05, 4.69) is 31.4 Å². The lowest BCUT2D eigenvalue weighted by Crippen LogP contribution is -3.11. The summed E-state index contributed by atoms with van der Waals surface area (Å²) in [5.74, 6) is 0.392. The zero-order valence-corrected chi connectivity index (χ0v) is 19.2. The Morgan fingerprint density at radius 2 is 1.87 bits per heavy atom. The van der Waals surface area contributed by atoms with Crippen LogP contribution in [-0.2, 0) is 12.8 Å². The van der Waals surface area contributed by atoms with Crippen molar-refractivity contribution in [2.75, 3.05) is 31.5 Å². The van der Waals surface area contributed by atoms with Crippen molar-refractivity contribution in [1.82, 2.24) is 5.32 Å². The van der Waals surface area contributed by atoms with Gasteiger partial charge in [0, 0.05) is 23.4 Å². The second-order valence-corrected chi connectivity index (χ2v) is 9.30. The van der Waals surface area contributed by atoms with Crippen LogP contribution < -0.4 is 15.5 Å². The number of hydrogen-bond donors (Lipinski definition) is 3. The monoisotopic (exact) mass is 428 g/mol. The fraction of sp³-hybridized carbons (Fsp3) is 0.500. The van der Waals surface area contributed by atoms with Crippen molar-refractivity contribution >= 4 is 28.2 Å². The number of carbonyl (C=O) groups excluding carboxylic acids is 2. The predicted molar refractivity (Wildman–Crippen MR) is 124 cm³/mol. The number of hydrogen-bond acceptors (Lipinski definition) is 3. The highest BCUT2D eigenvalue weighted by molar-refractivity contribution is 7.17. The van der Waals surface area contributed by atoms with Crippen LogP contribution in [0.15, 0.2) is 30.3 Å². The molecule has 6 heteroatoms. The van der Waals surface area contributed by atoms with Crippen LogP contribution in [-0.4, -0.2) is 38.0 Å². The molecule has 0 unspecified atom stereocenters. The molecule has 1 aliphatic rings. The molecule has 0 saturated heterocycles. The Hall–Kier alpha value is -2.18. The number of anilines is 1. The van der Waals surface area contributed by atoms with Crippen LogP contribution >= 0.6 is 11.3 Å². The highest BCUT2D eigenvalue weighted by atomic mass is 32.1. The molecule has 0 saturated carbocycles. The van der Waals surface area contributed by atoms with E-state index in [1.54, 1.807) is 28.4 Å². The molecule has 5 nitrogen and oxygen atoms in total. The fourth-order valence-corrected chi connectivity index (χ4v) is 5.48. The Bertz CT molecular complexity index is 859. The van der Waals surface area contributed by atoms with Gasteiger partial charge in [0.05, 0.1) is 25.2 Å². The number of carbonyl (C=O) groups is 2. The quantitative estimate of drug-likeness (QED) is 0.537. The summed E-state index contributed by atoms with van der Waals surface area (Å²) in [6.45, 7) is 10.6. The van der Waals surface area contributed by atoms with Gasteiger partial charge in [-0.15, -0.1) is 11.3 Å². The smallest absolute Gasteiger partial charge is 0.256 e. The normalized spacial score (nSPS) is 15.7. The van der Waals surface area contributed by atoms with E-state index in [1.807, 2.05) is 18.2 Å². The van der Waals surface area contributed by atoms with Gasteiger partial charge >= 0.3 is 0 Å². The van der Waals surface area contributed by atoms with Crippen molar-refractivity contribution in [3.05, 3.63) is 51.9 Å². The van der Waals surface area contributed by atoms with Gasteiger partial charge in [-0.25, -0.2) is 0 Å². The summed E-state index contributed by atoms with van der Waals surface area (Å²) in [6, 6.07) is 9.17. The van der Waals surface area contributed by atoms with Gasteiger partial charge in [0.25, 0.3) is 11.8 Å². The first-order valence-electron chi connectivity index (χ1n) is 11.2. The van der Waals surface area contributed by atoms with Crippen molar-refractivity contribution < 1.29 is 14.5 Å². The molecule has 0 spiro atoms. The lowest BCUT2D eigenvalue weighted by atomic mass is 9.88. The summed E-state index contributed by atoms with van der Waals surface area (Å²) in [5.41, 5.74) is 2.42. The first-order chi connectivity index (χ1) is 14.5. The van der Waals surface area contributed by atoms with Gasteiger partial charge in [-0.05, 0) is 56.7 Å². The number of nitrogens with one attached hydrogen (secondary N) is 3. The van der Waals surface area contributed by atoms with E-state index in [9.17, 15) is 9.59 Å². The Labute approximate surface area is 183 Å². The zero-order chi connectivity index (χ0) is 21.5. The third-order valence-corrected chi connectivity index (χ3v) is 7.16. The van der Waals surface area contributed by atoms with Crippen molar-refractivity contribution in [2.24, 2.45) is 5.92 Å². The summed E-state index contributed by atoms with van der Waals surface area (Å²) in [4.78, 5) is 28.6. The molecule has 0 aliphatic heterocycles.